The predicted octanol–water partition coefficient (Wildman–Crippen LogP) is 5.48. The van der Waals surface area contributed by atoms with Crippen LogP contribution < -0.4 is 0 Å². The number of benzene rings is 1. The lowest BCUT2D eigenvalue weighted by Gasteiger charge is -2.33. The van der Waals surface area contributed by atoms with Gasteiger partial charge in [-0.3, -0.25) is 14.7 Å². The van der Waals surface area contributed by atoms with Crippen molar-refractivity contribution in [2.24, 2.45) is 0 Å². The summed E-state index contributed by atoms with van der Waals surface area (Å²) in [5.41, 5.74) is 3.42. The van der Waals surface area contributed by atoms with E-state index in [1.54, 1.807) is 6.20 Å². The maximum atomic E-state index is 10.7. The molecule has 188 valence electrons. The average molecular weight is 479 g/mol. The summed E-state index contributed by atoms with van der Waals surface area (Å²) in [5.74, 6) is -0.769. The van der Waals surface area contributed by atoms with Gasteiger partial charge >= 0.3 is 5.97 Å². The number of hydrogen-bond donors (Lipinski definition) is 1. The predicted molar refractivity (Wildman–Crippen MR) is 137 cm³/mol. The van der Waals surface area contributed by atoms with E-state index in [2.05, 4.69) is 40.2 Å². The molecule has 1 aromatic carbocycles. The lowest BCUT2D eigenvalue weighted by molar-refractivity contribution is -0.136. The number of aliphatic carboxylic acids is 1. The van der Waals surface area contributed by atoms with Crippen LogP contribution in [0.3, 0.4) is 0 Å². The van der Waals surface area contributed by atoms with Crippen LogP contribution >= 0.6 is 0 Å². The molecule has 6 nitrogen and oxygen atoms in total. The topological polar surface area (TPSA) is 71.9 Å². The Labute approximate surface area is 209 Å². The summed E-state index contributed by atoms with van der Waals surface area (Å²) in [6.45, 7) is 3.34. The fourth-order valence-corrected chi connectivity index (χ4v) is 5.21. The first-order chi connectivity index (χ1) is 17.2. The maximum absolute atomic E-state index is 10.7. The van der Waals surface area contributed by atoms with E-state index in [9.17, 15) is 4.79 Å². The van der Waals surface area contributed by atoms with Crippen LogP contribution in [-0.2, 0) is 20.9 Å². The summed E-state index contributed by atoms with van der Waals surface area (Å²) < 4.78 is 12.8. The van der Waals surface area contributed by atoms with Crippen LogP contribution in [0.15, 0.2) is 60.9 Å². The summed E-state index contributed by atoms with van der Waals surface area (Å²) in [4.78, 5) is 17.5. The lowest BCUT2D eigenvalue weighted by Crippen LogP contribution is -2.45. The quantitative estimate of drug-likeness (QED) is 0.431. The molecule has 0 amide bonds. The van der Waals surface area contributed by atoms with Crippen molar-refractivity contribution in [1.82, 2.24) is 9.88 Å². The van der Waals surface area contributed by atoms with Crippen LogP contribution in [0.25, 0.3) is 11.1 Å². The second kappa shape index (κ2) is 13.5. The molecule has 1 aliphatic heterocycles. The van der Waals surface area contributed by atoms with E-state index in [-0.39, 0.29) is 18.6 Å². The van der Waals surface area contributed by atoms with E-state index in [1.165, 1.54) is 25.7 Å². The van der Waals surface area contributed by atoms with Gasteiger partial charge in [0, 0.05) is 24.9 Å². The van der Waals surface area contributed by atoms with Crippen molar-refractivity contribution < 1.29 is 19.4 Å². The van der Waals surface area contributed by atoms with E-state index in [0.29, 0.717) is 25.7 Å². The molecule has 3 atom stereocenters. The van der Waals surface area contributed by atoms with Gasteiger partial charge in [-0.15, -0.1) is 0 Å². The summed E-state index contributed by atoms with van der Waals surface area (Å²) in [7, 11) is 0. The molecule has 1 aliphatic carbocycles. The van der Waals surface area contributed by atoms with Crippen LogP contribution in [0, 0.1) is 0 Å². The Bertz CT molecular complexity index is 923. The normalized spacial score (nSPS) is 23.5. The third-order valence-corrected chi connectivity index (χ3v) is 7.09. The fraction of sp³-hybridized carbons (Fsp3) is 0.517. The lowest BCUT2D eigenvalue weighted by atomic mass is 10.1. The standard InChI is InChI=1S/C29H38N2O4/c32-28(33)10-4-3-7-20-34-29-26(31-18-5-1-2-6-19-31)15-16-27(29)35-22-23-11-13-24(14-12-23)25-9-8-17-30-21-25/h3,7-9,11-14,17,21,26-27,29H,1-2,4-6,10,15-16,18-20,22H2,(H,32,33)/b7-3-/t26-,27+,29+/m0/s1. The molecule has 0 unspecified atom stereocenters. The number of aromatic nitrogens is 1. The van der Waals surface area contributed by atoms with E-state index < -0.39 is 5.97 Å². The van der Waals surface area contributed by atoms with Gasteiger partial charge in [-0.2, -0.15) is 0 Å². The van der Waals surface area contributed by atoms with Gasteiger partial charge in [0.2, 0.25) is 0 Å². The van der Waals surface area contributed by atoms with Crippen molar-refractivity contribution in [3.05, 3.63) is 66.5 Å². The number of ether oxygens (including phenoxy) is 2. The Morgan fingerprint density at radius 1 is 1.00 bits per heavy atom. The molecular formula is C29H38N2O4. The van der Waals surface area contributed by atoms with Crippen LogP contribution in [0.1, 0.15) is 56.9 Å². The number of rotatable bonds is 11. The molecule has 1 aromatic heterocycles. The van der Waals surface area contributed by atoms with E-state index in [1.807, 2.05) is 24.4 Å². The van der Waals surface area contributed by atoms with Gasteiger partial charge in [-0.1, -0.05) is 55.3 Å². The first-order valence-electron chi connectivity index (χ1n) is 13.0. The Hall–Kier alpha value is -2.54. The largest absolute Gasteiger partial charge is 0.481 e. The summed E-state index contributed by atoms with van der Waals surface area (Å²) in [5, 5.41) is 8.82. The van der Waals surface area contributed by atoms with Gasteiger partial charge in [0.1, 0.15) is 0 Å². The third kappa shape index (κ3) is 7.72. The van der Waals surface area contributed by atoms with Crippen molar-refractivity contribution in [2.75, 3.05) is 19.7 Å². The summed E-state index contributed by atoms with van der Waals surface area (Å²) in [6.07, 6.45) is 15.6. The highest BCUT2D eigenvalue weighted by atomic mass is 16.5. The highest BCUT2D eigenvalue weighted by Crippen LogP contribution is 2.32. The van der Waals surface area contributed by atoms with E-state index >= 15 is 0 Å². The second-order valence-electron chi connectivity index (χ2n) is 9.58. The molecule has 2 heterocycles. The van der Waals surface area contributed by atoms with Crippen LogP contribution in [0.2, 0.25) is 0 Å². The van der Waals surface area contributed by atoms with Gasteiger partial charge in [0.05, 0.1) is 25.4 Å². The number of pyridine rings is 1. The van der Waals surface area contributed by atoms with Gasteiger partial charge in [0.15, 0.2) is 0 Å². The number of allylic oxidation sites excluding steroid dienone is 1. The Morgan fingerprint density at radius 3 is 2.51 bits per heavy atom. The third-order valence-electron chi connectivity index (χ3n) is 7.09. The number of hydrogen-bond acceptors (Lipinski definition) is 5. The molecule has 4 rings (SSSR count). The minimum Gasteiger partial charge on any atom is -0.481 e. The van der Waals surface area contributed by atoms with Gasteiger partial charge in [-0.05, 0) is 68.0 Å². The highest BCUT2D eigenvalue weighted by molar-refractivity contribution is 5.66. The number of likely N-dealkylation sites (tertiary alicyclic amines) is 1. The van der Waals surface area contributed by atoms with Crippen molar-refractivity contribution in [3.63, 3.8) is 0 Å². The molecule has 1 saturated heterocycles. The molecule has 1 N–H and O–H groups in total. The summed E-state index contributed by atoms with van der Waals surface area (Å²) in [6, 6.07) is 12.9. The molecule has 6 heteroatoms. The molecule has 0 radical (unpaired) electrons. The maximum Gasteiger partial charge on any atom is 0.303 e. The first kappa shape index (κ1) is 25.5. The number of carboxylic acid groups (broad SMARTS) is 1. The highest BCUT2D eigenvalue weighted by Gasteiger charge is 2.40. The number of nitrogens with zero attached hydrogens (tertiary/aromatic N) is 2. The SMILES string of the molecule is O=C(O)CC/C=C\CO[C@H]1[C@H](OCc2ccc(-c3cccnc3)cc2)CC[C@@H]1N1CCCCCC1. The molecule has 2 aliphatic rings. The fourth-order valence-electron chi connectivity index (χ4n) is 5.21. The number of carbonyl (C=O) groups is 1. The minimum absolute atomic E-state index is 0.0342. The van der Waals surface area contributed by atoms with Crippen molar-refractivity contribution >= 4 is 5.97 Å². The van der Waals surface area contributed by atoms with Crippen molar-refractivity contribution in [1.29, 1.82) is 0 Å². The molecule has 0 spiro atoms. The zero-order valence-corrected chi connectivity index (χ0v) is 20.6. The minimum atomic E-state index is -0.769. The molecule has 1 saturated carbocycles. The first-order valence-corrected chi connectivity index (χ1v) is 13.0. The number of carboxylic acids is 1. The van der Waals surface area contributed by atoms with Gasteiger partial charge in [-0.25, -0.2) is 0 Å². The monoisotopic (exact) mass is 478 g/mol. The Morgan fingerprint density at radius 2 is 1.80 bits per heavy atom. The van der Waals surface area contributed by atoms with Crippen molar-refractivity contribution in [2.45, 2.75) is 76.2 Å². The molecule has 2 aromatic rings. The zero-order chi connectivity index (χ0) is 24.3. The smallest absolute Gasteiger partial charge is 0.303 e. The van der Waals surface area contributed by atoms with E-state index in [4.69, 9.17) is 14.6 Å². The molecule has 35 heavy (non-hydrogen) atoms. The van der Waals surface area contributed by atoms with Gasteiger partial charge in [0.25, 0.3) is 0 Å². The Balaban J connectivity index is 1.35. The molecule has 0 bridgehead atoms. The molecule has 2 fully saturated rings. The van der Waals surface area contributed by atoms with Crippen LogP contribution in [0.5, 0.6) is 0 Å². The van der Waals surface area contributed by atoms with Crippen LogP contribution in [-0.4, -0.2) is 58.9 Å². The average Bonchev–Trinajstić information content (AvgIpc) is 3.08. The Kier molecular flexibility index (Phi) is 9.87. The van der Waals surface area contributed by atoms with E-state index in [0.717, 1.165) is 42.6 Å². The van der Waals surface area contributed by atoms with Crippen molar-refractivity contribution in [3.8, 4) is 11.1 Å². The van der Waals surface area contributed by atoms with Gasteiger partial charge < -0.3 is 14.6 Å². The zero-order valence-electron chi connectivity index (χ0n) is 20.6. The second-order valence-corrected chi connectivity index (χ2v) is 9.58. The molecular weight excluding hydrogens is 440 g/mol. The summed E-state index contributed by atoms with van der Waals surface area (Å²) >= 11 is 0. The van der Waals surface area contributed by atoms with Crippen LogP contribution in [0.4, 0.5) is 0 Å².